The van der Waals surface area contributed by atoms with Gasteiger partial charge in [0.15, 0.2) is 0 Å². The number of aromatic nitrogens is 1. The summed E-state index contributed by atoms with van der Waals surface area (Å²) < 4.78 is 1.86. The molecular formula is C25H14NNa3O6. The van der Waals surface area contributed by atoms with Crippen LogP contribution in [0.25, 0.3) is 28.2 Å². The number of carboxylic acids is 3. The number of benzene rings is 3. The smallest absolute Gasteiger partial charge is 0.545 e. The van der Waals surface area contributed by atoms with Crippen molar-refractivity contribution in [1.29, 1.82) is 0 Å². The van der Waals surface area contributed by atoms with Crippen LogP contribution in [0.5, 0.6) is 0 Å². The molecule has 0 amide bonds. The largest absolute Gasteiger partial charge is 1.00 e. The number of carbonyl (C=O) groups excluding carboxylic acids is 3. The molecule has 0 aliphatic carbocycles. The van der Waals surface area contributed by atoms with Crippen molar-refractivity contribution in [2.75, 3.05) is 0 Å². The molecule has 0 N–H and O–H groups in total. The molecule has 0 fully saturated rings. The van der Waals surface area contributed by atoms with Gasteiger partial charge in [0.1, 0.15) is 0 Å². The summed E-state index contributed by atoms with van der Waals surface area (Å²) in [6.07, 6.45) is 0. The van der Waals surface area contributed by atoms with E-state index in [1.54, 1.807) is 36.4 Å². The maximum Gasteiger partial charge on any atom is 1.00 e. The monoisotopic (exact) mass is 493 g/mol. The van der Waals surface area contributed by atoms with Crippen LogP contribution in [-0.2, 0) is 0 Å². The van der Waals surface area contributed by atoms with Crippen molar-refractivity contribution in [1.82, 2.24) is 4.57 Å². The molecule has 0 aliphatic rings. The molecular weight excluding hydrogens is 479 g/mol. The minimum Gasteiger partial charge on any atom is -0.545 e. The zero-order valence-corrected chi connectivity index (χ0v) is 25.5. The predicted molar refractivity (Wildman–Crippen MR) is 110 cm³/mol. The molecule has 0 saturated carbocycles. The number of rotatable bonds is 6. The van der Waals surface area contributed by atoms with Crippen LogP contribution in [0.15, 0.2) is 84.9 Å². The van der Waals surface area contributed by atoms with Crippen LogP contribution >= 0.6 is 0 Å². The van der Waals surface area contributed by atoms with Crippen LogP contribution in [0.4, 0.5) is 0 Å². The second kappa shape index (κ2) is 13.6. The Morgan fingerprint density at radius 2 is 0.743 bits per heavy atom. The van der Waals surface area contributed by atoms with Gasteiger partial charge < -0.3 is 34.3 Å². The van der Waals surface area contributed by atoms with Crippen molar-refractivity contribution in [3.8, 4) is 28.2 Å². The summed E-state index contributed by atoms with van der Waals surface area (Å²) >= 11 is 0. The van der Waals surface area contributed by atoms with Crippen molar-refractivity contribution in [3.05, 3.63) is 102 Å². The van der Waals surface area contributed by atoms with Crippen molar-refractivity contribution in [3.63, 3.8) is 0 Å². The van der Waals surface area contributed by atoms with Crippen molar-refractivity contribution in [2.24, 2.45) is 0 Å². The Kier molecular flexibility index (Phi) is 12.2. The average molecular weight is 493 g/mol. The fourth-order valence-corrected chi connectivity index (χ4v) is 3.47. The van der Waals surface area contributed by atoms with Crippen LogP contribution in [0.3, 0.4) is 0 Å². The quantitative estimate of drug-likeness (QED) is 0.246. The van der Waals surface area contributed by atoms with Crippen molar-refractivity contribution >= 4 is 17.9 Å². The van der Waals surface area contributed by atoms with E-state index in [0.717, 1.165) is 22.5 Å². The summed E-state index contributed by atoms with van der Waals surface area (Å²) in [6.45, 7) is 0. The van der Waals surface area contributed by atoms with Gasteiger partial charge in [-0.25, -0.2) is 0 Å². The number of nitrogens with zero attached hydrogens (tertiary/aromatic N) is 1. The second-order valence-electron chi connectivity index (χ2n) is 7.00. The SMILES string of the molecule is O=C([O-])c1ccc(-c2ccc(-c3ccc(C(=O)[O-])cc3)n2-c2ccc(C(=O)[O-])cc2)cc1.[Na+].[Na+].[Na+]. The van der Waals surface area contributed by atoms with E-state index >= 15 is 0 Å². The van der Waals surface area contributed by atoms with Gasteiger partial charge >= 0.3 is 88.7 Å². The second-order valence-corrected chi connectivity index (χ2v) is 7.00. The van der Waals surface area contributed by atoms with Gasteiger partial charge in [0.25, 0.3) is 0 Å². The van der Waals surface area contributed by atoms with E-state index in [9.17, 15) is 29.7 Å². The summed E-state index contributed by atoms with van der Waals surface area (Å²) in [7, 11) is 0. The van der Waals surface area contributed by atoms with Gasteiger partial charge in [-0.1, -0.05) is 60.7 Å². The van der Waals surface area contributed by atoms with Crippen LogP contribution in [0, 0.1) is 0 Å². The molecule has 35 heavy (non-hydrogen) atoms. The first kappa shape index (κ1) is 31.4. The van der Waals surface area contributed by atoms with Gasteiger partial charge in [-0.05, 0) is 52.1 Å². The van der Waals surface area contributed by atoms with Gasteiger partial charge in [0.05, 0.1) is 29.3 Å². The molecule has 0 atom stereocenters. The molecule has 1 aromatic heterocycles. The molecule has 10 heteroatoms. The Hall–Kier alpha value is -1.65. The number of hydrogen-bond acceptors (Lipinski definition) is 6. The Morgan fingerprint density at radius 3 is 1.03 bits per heavy atom. The maximum absolute atomic E-state index is 11.1. The fourth-order valence-electron chi connectivity index (χ4n) is 3.47. The van der Waals surface area contributed by atoms with Crippen molar-refractivity contribution < 1.29 is 118 Å². The molecule has 0 spiro atoms. The third-order valence-corrected chi connectivity index (χ3v) is 5.07. The molecule has 3 aromatic carbocycles. The first-order valence-electron chi connectivity index (χ1n) is 9.52. The van der Waals surface area contributed by atoms with Crippen LogP contribution in [-0.4, -0.2) is 22.5 Å². The first-order valence-corrected chi connectivity index (χ1v) is 9.52. The van der Waals surface area contributed by atoms with E-state index in [2.05, 4.69) is 0 Å². The molecule has 0 bridgehead atoms. The third kappa shape index (κ3) is 6.98. The Labute approximate surface area is 267 Å². The number of carboxylic acid groups (broad SMARTS) is 3. The summed E-state index contributed by atoms with van der Waals surface area (Å²) in [5.41, 5.74) is 3.64. The van der Waals surface area contributed by atoms with E-state index < -0.39 is 17.9 Å². The average Bonchev–Trinajstić information content (AvgIpc) is 3.24. The Morgan fingerprint density at radius 1 is 0.457 bits per heavy atom. The Bertz CT molecular complexity index is 1260. The molecule has 4 rings (SSSR count). The van der Waals surface area contributed by atoms with Crippen molar-refractivity contribution in [2.45, 2.75) is 0 Å². The van der Waals surface area contributed by atoms with Crippen LogP contribution in [0.2, 0.25) is 0 Å². The number of aromatic carboxylic acids is 3. The van der Waals surface area contributed by atoms with Gasteiger partial charge in [-0.3, -0.25) is 0 Å². The molecule has 7 nitrogen and oxygen atoms in total. The molecule has 0 radical (unpaired) electrons. The molecule has 4 aromatic rings. The topological polar surface area (TPSA) is 125 Å². The van der Waals surface area contributed by atoms with Gasteiger partial charge in [0.2, 0.25) is 0 Å². The summed E-state index contributed by atoms with van der Waals surface area (Å²) in [5.74, 6) is -3.85. The van der Waals surface area contributed by atoms with Crippen LogP contribution < -0.4 is 104 Å². The van der Waals surface area contributed by atoms with E-state index in [4.69, 9.17) is 0 Å². The predicted octanol–water partition coefficient (Wildman–Crippen LogP) is -8.09. The summed E-state index contributed by atoms with van der Waals surface area (Å²) in [4.78, 5) is 33.3. The fraction of sp³-hybridized carbons (Fsp3) is 0. The normalized spacial score (nSPS) is 9.71. The van der Waals surface area contributed by atoms with E-state index in [1.165, 1.54) is 36.4 Å². The molecule has 0 unspecified atom stereocenters. The zero-order valence-electron chi connectivity index (χ0n) is 19.5. The van der Waals surface area contributed by atoms with Crippen LogP contribution in [0.1, 0.15) is 31.1 Å². The van der Waals surface area contributed by atoms with Gasteiger partial charge in [0, 0.05) is 5.69 Å². The van der Waals surface area contributed by atoms with Gasteiger partial charge in [-0.15, -0.1) is 0 Å². The molecule has 158 valence electrons. The zero-order chi connectivity index (χ0) is 22.8. The maximum atomic E-state index is 11.1. The standard InChI is InChI=1S/C25H17NO6.3Na/c27-23(28)17-5-1-15(2-6-17)21-13-14-22(16-3-7-18(8-4-16)24(29)30)26(21)20-11-9-19(10-12-20)25(31)32;;;/h1-14H,(H,27,28)(H,29,30)(H,31,32);;;/q;3*+1/p-3. The summed E-state index contributed by atoms with van der Waals surface area (Å²) in [5, 5.41) is 33.3. The van der Waals surface area contributed by atoms with E-state index in [1.807, 2.05) is 16.7 Å². The summed E-state index contributed by atoms with van der Waals surface area (Å²) in [6, 6.07) is 22.1. The Balaban J connectivity index is 0.00000204. The number of hydrogen-bond donors (Lipinski definition) is 0. The molecule has 0 saturated heterocycles. The minimum atomic E-state index is -1.29. The van der Waals surface area contributed by atoms with E-state index in [0.29, 0.717) is 5.69 Å². The number of carbonyl (C=O) groups is 3. The first-order chi connectivity index (χ1) is 15.3. The van der Waals surface area contributed by atoms with E-state index in [-0.39, 0.29) is 105 Å². The third-order valence-electron chi connectivity index (χ3n) is 5.07. The minimum absolute atomic E-state index is 0. The van der Waals surface area contributed by atoms with Gasteiger partial charge in [-0.2, -0.15) is 0 Å². The molecule has 1 heterocycles. The molecule has 0 aliphatic heterocycles.